The number of rotatable bonds is 2. The minimum Gasteiger partial charge on any atom is -0.509 e. The van der Waals surface area contributed by atoms with Gasteiger partial charge in [-0.25, -0.2) is 34.1 Å². The molecule has 0 aliphatic rings. The largest absolute Gasteiger partial charge is 4.00 e. The molecule has 0 saturated carbocycles. The van der Waals surface area contributed by atoms with E-state index in [2.05, 4.69) is 61.1 Å². The quantitative estimate of drug-likeness (QED) is 0.435. The maximum absolute atomic E-state index is 3.77. The molecule has 0 atom stereocenters. The van der Waals surface area contributed by atoms with E-state index in [-0.39, 0.29) is 31.6 Å². The van der Waals surface area contributed by atoms with Crippen LogP contribution < -0.4 is 0 Å². The zero-order valence-electron chi connectivity index (χ0n) is 16.8. The van der Waals surface area contributed by atoms with Gasteiger partial charge in [0, 0.05) is 0 Å². The second kappa shape index (κ2) is 16.2. The average molecular weight is 420 g/mol. The summed E-state index contributed by atoms with van der Waals surface area (Å²) in [5.74, 6) is 0.708. The molecule has 0 heterocycles. The molecule has 0 saturated heterocycles. The third-order valence-electron chi connectivity index (χ3n) is 3.01. The Labute approximate surface area is 174 Å². The Balaban J connectivity index is -0.000000247. The van der Waals surface area contributed by atoms with Crippen molar-refractivity contribution in [3.8, 4) is 0 Å². The maximum Gasteiger partial charge on any atom is 4.00 e. The van der Waals surface area contributed by atoms with E-state index in [1.54, 1.807) is 0 Å². The molecule has 2 aromatic rings. The summed E-state index contributed by atoms with van der Waals surface area (Å²) >= 11 is 0. The SMILES string of the molecule is CC(C)C(C)(C)[C-]=[SiH2].[CH2-]C(C)(C)C.[Zr+4].c1cc[cH-]c1.c1cc[cH-]c1. The molecule has 0 radical (unpaired) electrons. The number of hydrogen-bond donors (Lipinski definition) is 0. The standard InChI is InChI=1S/C7H15Si.2C5H5.C5H11.Zr/c1-6(2)7(3,4)5-8;2*1-2-4-5-3-1;1-5(2,3)4;/h6H,8H2,1-4H3;2*1-5H;1H2,2-4H3;/q4*-1;+4. The van der Waals surface area contributed by atoms with E-state index < -0.39 is 0 Å². The summed E-state index contributed by atoms with van der Waals surface area (Å²) in [7, 11) is 1.82. The molecule has 0 aliphatic heterocycles. The van der Waals surface area contributed by atoms with Gasteiger partial charge in [-0.15, -0.1) is 0 Å². The van der Waals surface area contributed by atoms with Crippen LogP contribution in [-0.4, -0.2) is 15.5 Å². The first kappa shape index (κ1) is 28.5. The van der Waals surface area contributed by atoms with Crippen molar-refractivity contribution in [1.82, 2.24) is 0 Å². The molecule has 0 bridgehead atoms. The predicted molar refractivity (Wildman–Crippen MR) is 111 cm³/mol. The van der Waals surface area contributed by atoms with Crippen molar-refractivity contribution < 1.29 is 26.2 Å². The summed E-state index contributed by atoms with van der Waals surface area (Å²) in [6.07, 6.45) is 0. The van der Waals surface area contributed by atoms with Gasteiger partial charge in [0.25, 0.3) is 0 Å². The summed E-state index contributed by atoms with van der Waals surface area (Å²) in [6.45, 7) is 18.9. The van der Waals surface area contributed by atoms with Gasteiger partial charge < -0.3 is 12.6 Å². The molecule has 0 aliphatic carbocycles. The molecule has 2 aromatic carbocycles. The van der Waals surface area contributed by atoms with Crippen LogP contribution in [0.25, 0.3) is 0 Å². The van der Waals surface area contributed by atoms with Crippen molar-refractivity contribution in [3.05, 3.63) is 67.6 Å². The van der Waals surface area contributed by atoms with Gasteiger partial charge in [0.2, 0.25) is 0 Å². The van der Waals surface area contributed by atoms with Gasteiger partial charge in [-0.3, -0.25) is 0 Å². The van der Waals surface area contributed by atoms with E-state index in [0.717, 1.165) is 0 Å². The zero-order valence-corrected chi connectivity index (χ0v) is 20.6. The first-order chi connectivity index (χ1) is 10.5. The molecule has 2 rings (SSSR count). The molecule has 0 amide bonds. The van der Waals surface area contributed by atoms with Gasteiger partial charge in [-0.1, -0.05) is 54.4 Å². The zero-order chi connectivity index (χ0) is 18.4. The Hall–Kier alpha value is -0.330. The van der Waals surface area contributed by atoms with Gasteiger partial charge in [0.15, 0.2) is 0 Å². The average Bonchev–Trinajstić information content (AvgIpc) is 3.14. The molecule has 0 aromatic heterocycles. The van der Waals surface area contributed by atoms with Gasteiger partial charge in [-0.05, 0) is 0 Å². The molecule has 0 nitrogen and oxygen atoms in total. The van der Waals surface area contributed by atoms with E-state index in [0.29, 0.717) is 11.3 Å². The normalized spacial score (nSPS) is 9.88. The number of hydrogen-bond acceptors (Lipinski definition) is 0. The van der Waals surface area contributed by atoms with Crippen molar-refractivity contribution >= 4 is 15.5 Å². The van der Waals surface area contributed by atoms with Crippen LogP contribution in [0.2, 0.25) is 0 Å². The minimum absolute atomic E-state index is 0. The summed E-state index contributed by atoms with van der Waals surface area (Å²) in [5.41, 5.74) is 3.82. The van der Waals surface area contributed by atoms with Crippen LogP contribution in [0.15, 0.2) is 60.7 Å². The Morgan fingerprint density at radius 2 is 1.08 bits per heavy atom. The van der Waals surface area contributed by atoms with Crippen LogP contribution >= 0.6 is 0 Å². The Kier molecular flexibility index (Phi) is 19.2. The van der Waals surface area contributed by atoms with Gasteiger partial charge in [-0.2, -0.15) is 47.2 Å². The van der Waals surface area contributed by atoms with E-state index >= 15 is 0 Å². The Morgan fingerprint density at radius 1 is 0.833 bits per heavy atom. The second-order valence-electron chi connectivity index (χ2n) is 7.54. The van der Waals surface area contributed by atoms with E-state index in [4.69, 9.17) is 0 Å². The summed E-state index contributed by atoms with van der Waals surface area (Å²) in [6, 6.07) is 20.0. The van der Waals surface area contributed by atoms with E-state index in [9.17, 15) is 0 Å². The Morgan fingerprint density at radius 3 is 1.12 bits per heavy atom. The molecular formula is C22H36SiZr. The van der Waals surface area contributed by atoms with Crippen LogP contribution in [0.5, 0.6) is 0 Å². The van der Waals surface area contributed by atoms with Crippen LogP contribution in [0.4, 0.5) is 0 Å². The third kappa shape index (κ3) is 26.6. The molecule has 0 unspecified atom stereocenters. The topological polar surface area (TPSA) is 0 Å². The fourth-order valence-corrected chi connectivity index (χ4v) is 1.25. The summed E-state index contributed by atoms with van der Waals surface area (Å²) in [5, 5.41) is 0. The smallest absolute Gasteiger partial charge is 0.509 e. The fourth-order valence-electron chi connectivity index (χ4n) is 0.846. The molecule has 0 spiro atoms. The summed E-state index contributed by atoms with van der Waals surface area (Å²) < 4.78 is 0. The van der Waals surface area contributed by atoms with Crippen molar-refractivity contribution in [3.63, 3.8) is 0 Å². The molecule has 0 N–H and O–H groups in total. The predicted octanol–water partition coefficient (Wildman–Crippen LogP) is 5.66. The van der Waals surface area contributed by atoms with Crippen molar-refractivity contribution in [2.45, 2.75) is 48.5 Å². The van der Waals surface area contributed by atoms with Gasteiger partial charge >= 0.3 is 26.2 Å². The van der Waals surface area contributed by atoms with Crippen LogP contribution in [0.3, 0.4) is 0 Å². The van der Waals surface area contributed by atoms with Crippen molar-refractivity contribution in [2.75, 3.05) is 0 Å². The minimum atomic E-state index is 0. The van der Waals surface area contributed by atoms with Crippen LogP contribution in [-0.2, 0) is 26.2 Å². The molecular weight excluding hydrogens is 384 g/mol. The maximum atomic E-state index is 3.77. The van der Waals surface area contributed by atoms with Crippen molar-refractivity contribution in [2.24, 2.45) is 16.7 Å². The molecule has 0 fully saturated rings. The van der Waals surface area contributed by atoms with Crippen LogP contribution in [0.1, 0.15) is 48.5 Å². The molecule has 132 valence electrons. The molecule has 2 heteroatoms. The second-order valence-corrected chi connectivity index (χ2v) is 7.89. The van der Waals surface area contributed by atoms with E-state index in [1.165, 1.54) is 0 Å². The first-order valence-corrected chi connectivity index (χ1v) is 8.94. The van der Waals surface area contributed by atoms with Gasteiger partial charge in [0.05, 0.1) is 0 Å². The van der Waals surface area contributed by atoms with Gasteiger partial charge in [0.1, 0.15) is 0 Å². The molecule has 24 heavy (non-hydrogen) atoms. The fraction of sp³-hybridized carbons (Fsp3) is 0.455. The summed E-state index contributed by atoms with van der Waals surface area (Å²) in [4.78, 5) is 0. The van der Waals surface area contributed by atoms with Crippen LogP contribution in [0, 0.1) is 23.7 Å². The Bertz CT molecular complexity index is 364. The first-order valence-electron chi connectivity index (χ1n) is 8.23. The van der Waals surface area contributed by atoms with Crippen molar-refractivity contribution in [1.29, 1.82) is 0 Å². The monoisotopic (exact) mass is 418 g/mol. The van der Waals surface area contributed by atoms with E-state index in [1.807, 2.05) is 70.5 Å². The third-order valence-corrected chi connectivity index (χ3v) is 3.92.